The van der Waals surface area contributed by atoms with Gasteiger partial charge in [-0.1, -0.05) is 6.92 Å². The first-order valence-corrected chi connectivity index (χ1v) is 9.51. The van der Waals surface area contributed by atoms with Gasteiger partial charge in [0.05, 0.1) is 24.4 Å². The molecular weight excluding hydrogens is 342 g/mol. The third-order valence-electron chi connectivity index (χ3n) is 4.65. The van der Waals surface area contributed by atoms with Crippen LogP contribution in [0.5, 0.6) is 0 Å². The van der Waals surface area contributed by atoms with Gasteiger partial charge in [-0.15, -0.1) is 0 Å². The number of fused-ring (bicyclic) bond motifs is 2. The molecule has 0 saturated carbocycles. The molecule has 1 aromatic heterocycles. The molecule has 25 heavy (non-hydrogen) atoms. The first-order valence-electron chi connectivity index (χ1n) is 9.13. The summed E-state index contributed by atoms with van der Waals surface area (Å²) in [6.07, 6.45) is 4.03. The van der Waals surface area contributed by atoms with Crippen LogP contribution in [0.25, 0.3) is 0 Å². The van der Waals surface area contributed by atoms with E-state index in [1.165, 1.54) is 0 Å². The maximum absolute atomic E-state index is 6.18. The van der Waals surface area contributed by atoms with Crippen molar-refractivity contribution in [3.63, 3.8) is 0 Å². The SMILES string of the molecule is CCC(CN(C)c1nc(Cl)nc(N2CC3CCC(C2)O3)n1)OC(C)C. The Hall–Kier alpha value is -1.18. The smallest absolute Gasteiger partial charge is 0.231 e. The van der Waals surface area contributed by atoms with E-state index in [-0.39, 0.29) is 29.7 Å². The highest BCUT2D eigenvalue weighted by Gasteiger charge is 2.35. The lowest BCUT2D eigenvalue weighted by atomic mass is 10.2. The van der Waals surface area contributed by atoms with E-state index in [1.807, 2.05) is 25.8 Å². The molecule has 1 aromatic rings. The number of nitrogens with zero attached hydrogens (tertiary/aromatic N) is 5. The van der Waals surface area contributed by atoms with Crippen LogP contribution in [0.4, 0.5) is 11.9 Å². The second-order valence-electron chi connectivity index (χ2n) is 7.16. The summed E-state index contributed by atoms with van der Waals surface area (Å²) in [7, 11) is 1.96. The van der Waals surface area contributed by atoms with Crippen LogP contribution in [0.15, 0.2) is 0 Å². The molecule has 7 nitrogen and oxygen atoms in total. The number of likely N-dealkylation sites (N-methyl/N-ethyl adjacent to an activating group) is 1. The van der Waals surface area contributed by atoms with E-state index in [0.717, 1.165) is 32.4 Å². The van der Waals surface area contributed by atoms with Gasteiger partial charge in [-0.3, -0.25) is 0 Å². The minimum atomic E-state index is 0.128. The number of anilines is 2. The molecule has 3 heterocycles. The maximum atomic E-state index is 6.18. The third-order valence-corrected chi connectivity index (χ3v) is 4.82. The highest BCUT2D eigenvalue weighted by molar-refractivity contribution is 6.28. The number of rotatable bonds is 7. The summed E-state index contributed by atoms with van der Waals surface area (Å²) in [5.74, 6) is 1.22. The molecule has 3 rings (SSSR count). The summed E-state index contributed by atoms with van der Waals surface area (Å²) >= 11 is 6.18. The third kappa shape index (κ3) is 4.71. The van der Waals surface area contributed by atoms with Crippen LogP contribution < -0.4 is 9.80 Å². The summed E-state index contributed by atoms with van der Waals surface area (Å²) in [5.41, 5.74) is 0. The maximum Gasteiger partial charge on any atom is 0.231 e. The van der Waals surface area contributed by atoms with Gasteiger partial charge in [-0.2, -0.15) is 15.0 Å². The molecule has 0 radical (unpaired) electrons. The molecule has 2 aliphatic rings. The molecule has 8 heteroatoms. The van der Waals surface area contributed by atoms with E-state index in [2.05, 4.69) is 26.8 Å². The molecule has 3 atom stereocenters. The Labute approximate surface area is 154 Å². The number of hydrogen-bond acceptors (Lipinski definition) is 7. The van der Waals surface area contributed by atoms with Gasteiger partial charge in [0.15, 0.2) is 0 Å². The predicted molar refractivity (Wildman–Crippen MR) is 98.5 cm³/mol. The van der Waals surface area contributed by atoms with Gasteiger partial charge in [0.25, 0.3) is 0 Å². The van der Waals surface area contributed by atoms with E-state index in [4.69, 9.17) is 21.1 Å². The number of morpholine rings is 1. The lowest BCUT2D eigenvalue weighted by Gasteiger charge is -2.32. The van der Waals surface area contributed by atoms with Crippen molar-refractivity contribution in [3.05, 3.63) is 5.28 Å². The summed E-state index contributed by atoms with van der Waals surface area (Å²) in [5, 5.41) is 0.225. The zero-order chi connectivity index (χ0) is 18.0. The molecule has 2 aliphatic heterocycles. The fourth-order valence-electron chi connectivity index (χ4n) is 3.46. The molecule has 0 aliphatic carbocycles. The minimum Gasteiger partial charge on any atom is -0.374 e. The average molecular weight is 370 g/mol. The van der Waals surface area contributed by atoms with Gasteiger partial charge < -0.3 is 19.3 Å². The molecule has 140 valence electrons. The van der Waals surface area contributed by atoms with E-state index in [1.54, 1.807) is 0 Å². The molecule has 0 amide bonds. The van der Waals surface area contributed by atoms with Crippen molar-refractivity contribution in [2.45, 2.75) is 64.4 Å². The fourth-order valence-corrected chi connectivity index (χ4v) is 3.61. The van der Waals surface area contributed by atoms with Crippen LogP contribution in [-0.2, 0) is 9.47 Å². The molecule has 3 unspecified atom stereocenters. The van der Waals surface area contributed by atoms with E-state index < -0.39 is 0 Å². The Morgan fingerprint density at radius 2 is 1.92 bits per heavy atom. The summed E-state index contributed by atoms with van der Waals surface area (Å²) in [6.45, 7) is 8.56. The van der Waals surface area contributed by atoms with Crippen LogP contribution in [0.2, 0.25) is 5.28 Å². The molecular formula is C17H28ClN5O2. The Morgan fingerprint density at radius 1 is 1.24 bits per heavy atom. The monoisotopic (exact) mass is 369 g/mol. The molecule has 0 N–H and O–H groups in total. The highest BCUT2D eigenvalue weighted by atomic mass is 35.5. The van der Waals surface area contributed by atoms with Gasteiger partial charge in [0.2, 0.25) is 17.2 Å². The molecule has 2 fully saturated rings. The van der Waals surface area contributed by atoms with Crippen molar-refractivity contribution in [2.75, 3.05) is 36.5 Å². The van der Waals surface area contributed by atoms with E-state index in [0.29, 0.717) is 18.4 Å². The lowest BCUT2D eigenvalue weighted by molar-refractivity contribution is 0.0108. The van der Waals surface area contributed by atoms with Crippen molar-refractivity contribution >= 4 is 23.5 Å². The second kappa shape index (κ2) is 8.01. The molecule has 0 spiro atoms. The number of ether oxygens (including phenoxy) is 2. The highest BCUT2D eigenvalue weighted by Crippen LogP contribution is 2.29. The van der Waals surface area contributed by atoms with Crippen molar-refractivity contribution in [3.8, 4) is 0 Å². The van der Waals surface area contributed by atoms with Gasteiger partial charge in [0.1, 0.15) is 0 Å². The van der Waals surface area contributed by atoms with Gasteiger partial charge in [0, 0.05) is 26.7 Å². The molecule has 2 saturated heterocycles. The standard InChI is InChI=1S/C17H28ClN5O2/c1-5-12(24-11(2)3)8-22(4)16-19-15(18)20-17(21-16)23-9-13-6-7-14(10-23)25-13/h11-14H,5-10H2,1-4H3. The Balaban J connectivity index is 1.72. The Bertz CT molecular complexity index is 576. The van der Waals surface area contributed by atoms with Crippen LogP contribution in [-0.4, -0.2) is 66.0 Å². The summed E-state index contributed by atoms with van der Waals surface area (Å²) in [6, 6.07) is 0. The first kappa shape index (κ1) is 18.6. The van der Waals surface area contributed by atoms with Crippen molar-refractivity contribution in [1.82, 2.24) is 15.0 Å². The predicted octanol–water partition coefficient (Wildman–Crippen LogP) is 2.53. The van der Waals surface area contributed by atoms with Crippen molar-refractivity contribution in [2.24, 2.45) is 0 Å². The second-order valence-corrected chi connectivity index (χ2v) is 7.50. The molecule has 0 aromatic carbocycles. The average Bonchev–Trinajstić information content (AvgIpc) is 2.91. The Morgan fingerprint density at radius 3 is 2.52 bits per heavy atom. The zero-order valence-electron chi connectivity index (χ0n) is 15.5. The van der Waals surface area contributed by atoms with Crippen LogP contribution in [0, 0.1) is 0 Å². The number of hydrogen-bond donors (Lipinski definition) is 0. The largest absolute Gasteiger partial charge is 0.374 e. The topological polar surface area (TPSA) is 63.6 Å². The number of halogens is 1. The van der Waals surface area contributed by atoms with E-state index in [9.17, 15) is 0 Å². The minimum absolute atomic E-state index is 0.128. The summed E-state index contributed by atoms with van der Waals surface area (Å²) in [4.78, 5) is 17.5. The molecule has 2 bridgehead atoms. The van der Waals surface area contributed by atoms with Crippen LogP contribution >= 0.6 is 11.6 Å². The van der Waals surface area contributed by atoms with Gasteiger partial charge in [-0.25, -0.2) is 0 Å². The van der Waals surface area contributed by atoms with Crippen LogP contribution in [0.1, 0.15) is 40.0 Å². The normalized spacial score (nSPS) is 24.0. The van der Waals surface area contributed by atoms with Crippen molar-refractivity contribution in [1.29, 1.82) is 0 Å². The van der Waals surface area contributed by atoms with E-state index >= 15 is 0 Å². The van der Waals surface area contributed by atoms with Crippen molar-refractivity contribution < 1.29 is 9.47 Å². The quantitative estimate of drug-likeness (QED) is 0.731. The first-order chi connectivity index (χ1) is 11.9. The summed E-state index contributed by atoms with van der Waals surface area (Å²) < 4.78 is 11.8. The fraction of sp³-hybridized carbons (Fsp3) is 0.824. The lowest BCUT2D eigenvalue weighted by Crippen LogP contribution is -2.43. The van der Waals surface area contributed by atoms with Gasteiger partial charge >= 0.3 is 0 Å². The Kier molecular flexibility index (Phi) is 5.96. The number of aromatic nitrogens is 3. The van der Waals surface area contributed by atoms with Gasteiger partial charge in [-0.05, 0) is 44.7 Å². The zero-order valence-corrected chi connectivity index (χ0v) is 16.2. The van der Waals surface area contributed by atoms with Crippen LogP contribution in [0.3, 0.4) is 0 Å².